The summed E-state index contributed by atoms with van der Waals surface area (Å²) >= 11 is 0. The normalized spacial score (nSPS) is 16.2. The molecule has 2 unspecified atom stereocenters. The SMILES string of the molecule is CCCc1nc2ccccc2n1C(C)CC(C)(O)CN. The minimum atomic E-state index is -0.839. The average molecular weight is 275 g/mol. The van der Waals surface area contributed by atoms with Crippen molar-refractivity contribution in [2.24, 2.45) is 5.73 Å². The Morgan fingerprint density at radius 3 is 2.75 bits per heavy atom. The first-order chi connectivity index (χ1) is 9.48. The van der Waals surface area contributed by atoms with Crippen LogP contribution in [0.5, 0.6) is 0 Å². The van der Waals surface area contributed by atoms with Gasteiger partial charge in [-0.2, -0.15) is 0 Å². The number of fused-ring (bicyclic) bond motifs is 1. The number of benzene rings is 1. The number of para-hydroxylation sites is 2. The Bertz CT molecular complexity index is 574. The van der Waals surface area contributed by atoms with Crippen molar-refractivity contribution < 1.29 is 5.11 Å². The highest BCUT2D eigenvalue weighted by atomic mass is 16.3. The largest absolute Gasteiger partial charge is 0.389 e. The van der Waals surface area contributed by atoms with E-state index < -0.39 is 5.60 Å². The summed E-state index contributed by atoms with van der Waals surface area (Å²) in [7, 11) is 0. The summed E-state index contributed by atoms with van der Waals surface area (Å²) in [6, 6.07) is 8.34. The topological polar surface area (TPSA) is 64.1 Å². The molecule has 2 atom stereocenters. The highest BCUT2D eigenvalue weighted by Crippen LogP contribution is 2.27. The van der Waals surface area contributed by atoms with Crippen LogP contribution in [0, 0.1) is 0 Å². The van der Waals surface area contributed by atoms with Crippen molar-refractivity contribution in [3.05, 3.63) is 30.1 Å². The van der Waals surface area contributed by atoms with Gasteiger partial charge in [0, 0.05) is 19.0 Å². The summed E-state index contributed by atoms with van der Waals surface area (Å²) in [5, 5.41) is 10.2. The molecule has 0 aliphatic rings. The number of aryl methyl sites for hydroxylation is 1. The van der Waals surface area contributed by atoms with Gasteiger partial charge >= 0.3 is 0 Å². The van der Waals surface area contributed by atoms with E-state index in [4.69, 9.17) is 10.7 Å². The van der Waals surface area contributed by atoms with Gasteiger partial charge in [-0.25, -0.2) is 4.98 Å². The number of nitrogens with zero attached hydrogens (tertiary/aromatic N) is 2. The lowest BCUT2D eigenvalue weighted by atomic mass is 9.97. The van der Waals surface area contributed by atoms with Crippen LogP contribution in [0.3, 0.4) is 0 Å². The summed E-state index contributed by atoms with van der Waals surface area (Å²) < 4.78 is 2.25. The van der Waals surface area contributed by atoms with Crippen LogP contribution in [-0.4, -0.2) is 26.8 Å². The molecule has 0 radical (unpaired) electrons. The van der Waals surface area contributed by atoms with Gasteiger partial charge in [-0.3, -0.25) is 0 Å². The van der Waals surface area contributed by atoms with E-state index in [1.165, 1.54) is 0 Å². The number of rotatable bonds is 6. The Balaban J connectivity index is 2.42. The number of imidazole rings is 1. The summed E-state index contributed by atoms with van der Waals surface area (Å²) in [4.78, 5) is 4.73. The van der Waals surface area contributed by atoms with Crippen LogP contribution in [0.2, 0.25) is 0 Å². The Labute approximate surface area is 120 Å². The molecule has 0 saturated heterocycles. The average Bonchev–Trinajstić information content (AvgIpc) is 2.76. The maximum Gasteiger partial charge on any atom is 0.110 e. The van der Waals surface area contributed by atoms with Gasteiger partial charge in [-0.05, 0) is 38.8 Å². The Morgan fingerprint density at radius 1 is 1.40 bits per heavy atom. The zero-order valence-electron chi connectivity index (χ0n) is 12.6. The molecule has 110 valence electrons. The number of nitrogens with two attached hydrogens (primary N) is 1. The van der Waals surface area contributed by atoms with E-state index in [0.717, 1.165) is 29.7 Å². The minimum absolute atomic E-state index is 0.169. The van der Waals surface area contributed by atoms with Crippen molar-refractivity contribution >= 4 is 11.0 Å². The smallest absolute Gasteiger partial charge is 0.110 e. The third kappa shape index (κ3) is 3.02. The maximum absolute atomic E-state index is 10.2. The van der Waals surface area contributed by atoms with Crippen molar-refractivity contribution in [2.45, 2.75) is 51.7 Å². The Hall–Kier alpha value is -1.39. The van der Waals surface area contributed by atoms with Crippen molar-refractivity contribution in [1.82, 2.24) is 9.55 Å². The van der Waals surface area contributed by atoms with Crippen LogP contribution in [0.15, 0.2) is 24.3 Å². The molecule has 0 aliphatic heterocycles. The molecule has 1 aromatic carbocycles. The van der Waals surface area contributed by atoms with E-state index in [-0.39, 0.29) is 12.6 Å². The molecule has 1 aromatic heterocycles. The van der Waals surface area contributed by atoms with Crippen LogP contribution in [0.4, 0.5) is 0 Å². The number of aliphatic hydroxyl groups is 1. The third-order valence-corrected chi connectivity index (χ3v) is 3.76. The van der Waals surface area contributed by atoms with Crippen molar-refractivity contribution in [3.8, 4) is 0 Å². The van der Waals surface area contributed by atoms with Crippen LogP contribution < -0.4 is 5.73 Å². The van der Waals surface area contributed by atoms with Crippen molar-refractivity contribution in [1.29, 1.82) is 0 Å². The fourth-order valence-corrected chi connectivity index (χ4v) is 2.80. The zero-order chi connectivity index (χ0) is 14.8. The highest BCUT2D eigenvalue weighted by Gasteiger charge is 2.24. The van der Waals surface area contributed by atoms with E-state index in [0.29, 0.717) is 6.42 Å². The maximum atomic E-state index is 10.2. The fourth-order valence-electron chi connectivity index (χ4n) is 2.80. The Morgan fingerprint density at radius 2 is 2.10 bits per heavy atom. The van der Waals surface area contributed by atoms with Crippen LogP contribution >= 0.6 is 0 Å². The second kappa shape index (κ2) is 5.94. The minimum Gasteiger partial charge on any atom is -0.389 e. The predicted octanol–water partition coefficient (Wildman–Crippen LogP) is 2.65. The predicted molar refractivity (Wildman–Crippen MR) is 82.7 cm³/mol. The summed E-state index contributed by atoms with van der Waals surface area (Å²) in [6.07, 6.45) is 2.63. The molecule has 0 aliphatic carbocycles. The fraction of sp³-hybridized carbons (Fsp3) is 0.562. The molecule has 4 heteroatoms. The van der Waals surface area contributed by atoms with E-state index >= 15 is 0 Å². The molecule has 0 spiro atoms. The number of hydrogen-bond acceptors (Lipinski definition) is 3. The quantitative estimate of drug-likeness (QED) is 0.852. The van der Waals surface area contributed by atoms with Crippen LogP contribution in [0.25, 0.3) is 11.0 Å². The standard InChI is InChI=1S/C16H25N3O/c1-4-7-15-18-13-8-5-6-9-14(13)19(15)12(2)10-16(3,20)11-17/h5-6,8-9,12,20H,4,7,10-11,17H2,1-3H3. The van der Waals surface area contributed by atoms with Gasteiger partial charge in [0.15, 0.2) is 0 Å². The number of aromatic nitrogens is 2. The monoisotopic (exact) mass is 275 g/mol. The second-order valence-electron chi connectivity index (χ2n) is 5.89. The summed E-state index contributed by atoms with van der Waals surface area (Å²) in [5.41, 5.74) is 6.96. The first-order valence-corrected chi connectivity index (χ1v) is 7.37. The molecule has 0 saturated carbocycles. The lowest BCUT2D eigenvalue weighted by Crippen LogP contribution is -2.36. The van der Waals surface area contributed by atoms with E-state index in [2.05, 4.69) is 24.5 Å². The molecular weight excluding hydrogens is 250 g/mol. The molecule has 3 N–H and O–H groups in total. The molecule has 0 bridgehead atoms. The second-order valence-corrected chi connectivity index (χ2v) is 5.89. The molecule has 4 nitrogen and oxygen atoms in total. The van der Waals surface area contributed by atoms with Crippen molar-refractivity contribution in [3.63, 3.8) is 0 Å². The van der Waals surface area contributed by atoms with E-state index in [1.807, 2.05) is 18.2 Å². The van der Waals surface area contributed by atoms with Gasteiger partial charge in [0.05, 0.1) is 16.6 Å². The van der Waals surface area contributed by atoms with Crippen molar-refractivity contribution in [2.75, 3.05) is 6.54 Å². The lowest BCUT2D eigenvalue weighted by molar-refractivity contribution is 0.0467. The summed E-state index contributed by atoms with van der Waals surface area (Å²) in [5.74, 6) is 1.09. The molecular formula is C16H25N3O. The third-order valence-electron chi connectivity index (χ3n) is 3.76. The highest BCUT2D eigenvalue weighted by molar-refractivity contribution is 5.76. The van der Waals surface area contributed by atoms with Gasteiger partial charge in [-0.15, -0.1) is 0 Å². The van der Waals surface area contributed by atoms with Gasteiger partial charge in [0.1, 0.15) is 5.82 Å². The van der Waals surface area contributed by atoms with Gasteiger partial charge in [0.25, 0.3) is 0 Å². The summed E-state index contributed by atoms with van der Waals surface area (Å²) in [6.45, 7) is 6.34. The first-order valence-electron chi connectivity index (χ1n) is 7.37. The molecule has 0 amide bonds. The lowest BCUT2D eigenvalue weighted by Gasteiger charge is -2.27. The van der Waals surface area contributed by atoms with E-state index in [9.17, 15) is 5.11 Å². The molecule has 2 rings (SSSR count). The van der Waals surface area contributed by atoms with Gasteiger partial charge in [0.2, 0.25) is 0 Å². The zero-order valence-corrected chi connectivity index (χ0v) is 12.6. The van der Waals surface area contributed by atoms with Gasteiger partial charge < -0.3 is 15.4 Å². The van der Waals surface area contributed by atoms with Gasteiger partial charge in [-0.1, -0.05) is 19.1 Å². The molecule has 2 aromatic rings. The molecule has 20 heavy (non-hydrogen) atoms. The van der Waals surface area contributed by atoms with Crippen LogP contribution in [-0.2, 0) is 6.42 Å². The molecule has 1 heterocycles. The van der Waals surface area contributed by atoms with E-state index in [1.54, 1.807) is 6.92 Å². The number of hydrogen-bond donors (Lipinski definition) is 2. The van der Waals surface area contributed by atoms with Crippen LogP contribution in [0.1, 0.15) is 45.5 Å². The molecule has 0 fully saturated rings. The first kappa shape index (κ1) is 15.0. The Kier molecular flexibility index (Phi) is 4.45.